The van der Waals surface area contributed by atoms with Crippen LogP contribution in [0.15, 0.2) is 24.1 Å². The monoisotopic (exact) mass is 325 g/mol. The first-order valence-electron chi connectivity index (χ1n) is 7.90. The maximum Gasteiger partial charge on any atom is 0.417 e. The van der Waals surface area contributed by atoms with Crippen LogP contribution in [0.5, 0.6) is 0 Å². The van der Waals surface area contributed by atoms with Crippen LogP contribution in [0.25, 0.3) is 0 Å². The number of amides is 1. The van der Waals surface area contributed by atoms with Crippen molar-refractivity contribution in [2.75, 3.05) is 6.61 Å². The van der Waals surface area contributed by atoms with Crippen molar-refractivity contribution < 1.29 is 14.0 Å². The highest BCUT2D eigenvalue weighted by Gasteiger charge is 2.44. The SMILES string of the molecule is C=C/C(C)=C(\O[Si](C)(C)C(C)(C)C)N1C(=O)OC[C@H]1C(C)C. The van der Waals surface area contributed by atoms with Crippen molar-refractivity contribution in [3.05, 3.63) is 24.1 Å². The van der Waals surface area contributed by atoms with Gasteiger partial charge < -0.3 is 9.16 Å². The Kier molecular flexibility index (Phi) is 5.55. The zero-order valence-corrected chi connectivity index (χ0v) is 16.3. The summed E-state index contributed by atoms with van der Waals surface area (Å²) in [7, 11) is -2.06. The van der Waals surface area contributed by atoms with Gasteiger partial charge in [0.15, 0.2) is 5.88 Å². The summed E-state index contributed by atoms with van der Waals surface area (Å²) in [6, 6.07) is 0.00201. The van der Waals surface area contributed by atoms with Gasteiger partial charge in [-0.25, -0.2) is 9.69 Å². The van der Waals surface area contributed by atoms with Gasteiger partial charge in [-0.15, -0.1) is 0 Å². The van der Waals surface area contributed by atoms with Crippen LogP contribution in [0.3, 0.4) is 0 Å². The second kappa shape index (κ2) is 6.48. The minimum absolute atomic E-state index is 0.00201. The Morgan fingerprint density at radius 2 is 2.00 bits per heavy atom. The van der Waals surface area contributed by atoms with Gasteiger partial charge in [0.25, 0.3) is 8.32 Å². The van der Waals surface area contributed by atoms with Gasteiger partial charge in [-0.05, 0) is 31.0 Å². The maximum absolute atomic E-state index is 12.3. The highest BCUT2D eigenvalue weighted by molar-refractivity contribution is 6.74. The maximum atomic E-state index is 12.3. The van der Waals surface area contributed by atoms with Gasteiger partial charge >= 0.3 is 6.09 Å². The van der Waals surface area contributed by atoms with E-state index in [1.165, 1.54) is 0 Å². The van der Waals surface area contributed by atoms with Gasteiger partial charge in [-0.3, -0.25) is 0 Å². The summed E-state index contributed by atoms with van der Waals surface area (Å²) in [5.74, 6) is 0.907. The number of carbonyl (C=O) groups is 1. The molecule has 1 saturated heterocycles. The summed E-state index contributed by atoms with van der Waals surface area (Å²) < 4.78 is 11.7. The van der Waals surface area contributed by atoms with E-state index in [0.717, 1.165) is 5.57 Å². The molecule has 0 spiro atoms. The topological polar surface area (TPSA) is 38.8 Å². The lowest BCUT2D eigenvalue weighted by Crippen LogP contribution is -2.46. The number of hydrogen-bond acceptors (Lipinski definition) is 3. The molecule has 0 aromatic rings. The Labute approximate surface area is 136 Å². The van der Waals surface area contributed by atoms with Gasteiger partial charge in [-0.1, -0.05) is 47.3 Å². The van der Waals surface area contributed by atoms with E-state index in [1.807, 2.05) is 6.92 Å². The zero-order chi connectivity index (χ0) is 17.3. The third kappa shape index (κ3) is 3.75. The summed E-state index contributed by atoms with van der Waals surface area (Å²) in [5.41, 5.74) is 0.870. The lowest BCUT2D eigenvalue weighted by atomic mass is 10.0. The van der Waals surface area contributed by atoms with E-state index < -0.39 is 8.32 Å². The van der Waals surface area contributed by atoms with Crippen molar-refractivity contribution >= 4 is 14.4 Å². The second-order valence-electron chi connectivity index (χ2n) is 7.81. The molecule has 1 heterocycles. The number of cyclic esters (lactones) is 1. The van der Waals surface area contributed by atoms with Crippen LogP contribution in [-0.2, 0) is 9.16 Å². The van der Waals surface area contributed by atoms with Crippen LogP contribution in [0.4, 0.5) is 4.79 Å². The predicted molar refractivity (Wildman–Crippen MR) is 93.0 cm³/mol. The normalized spacial score (nSPS) is 20.9. The average Bonchev–Trinajstić information content (AvgIpc) is 2.75. The molecule has 22 heavy (non-hydrogen) atoms. The number of nitrogens with zero attached hydrogens (tertiary/aromatic N) is 1. The highest BCUT2D eigenvalue weighted by Crippen LogP contribution is 2.40. The molecule has 0 aromatic carbocycles. The molecule has 4 nitrogen and oxygen atoms in total. The molecule has 0 bridgehead atoms. The van der Waals surface area contributed by atoms with Gasteiger partial charge in [0.1, 0.15) is 6.61 Å². The van der Waals surface area contributed by atoms with Crippen LogP contribution < -0.4 is 0 Å². The molecule has 1 fully saturated rings. The zero-order valence-electron chi connectivity index (χ0n) is 15.3. The molecule has 0 unspecified atom stereocenters. The highest BCUT2D eigenvalue weighted by atomic mass is 28.4. The van der Waals surface area contributed by atoms with Crippen molar-refractivity contribution in [2.45, 2.75) is 65.7 Å². The fourth-order valence-corrected chi connectivity index (χ4v) is 3.01. The molecular formula is C17H31NO3Si. The molecule has 1 atom stereocenters. The Morgan fingerprint density at radius 3 is 2.41 bits per heavy atom. The number of rotatable bonds is 5. The standard InChI is InChI=1S/C17H31NO3Si/c1-10-13(4)15(21-22(8,9)17(5,6)7)18-14(12(2)3)11-20-16(18)19/h10,12,14H,1,11H2,2-9H3/b15-13-/t14-/m0/s1. The minimum atomic E-state index is -2.06. The molecule has 1 aliphatic heterocycles. The van der Waals surface area contributed by atoms with Crippen molar-refractivity contribution in [3.8, 4) is 0 Å². The van der Waals surface area contributed by atoms with E-state index in [0.29, 0.717) is 18.4 Å². The minimum Gasteiger partial charge on any atom is -0.531 e. The van der Waals surface area contributed by atoms with Crippen LogP contribution in [0.1, 0.15) is 41.5 Å². The molecule has 0 aliphatic carbocycles. The van der Waals surface area contributed by atoms with Gasteiger partial charge in [0.05, 0.1) is 6.04 Å². The van der Waals surface area contributed by atoms with Crippen LogP contribution >= 0.6 is 0 Å². The number of carbonyl (C=O) groups excluding carboxylic acids is 1. The predicted octanol–water partition coefficient (Wildman–Crippen LogP) is 4.90. The quantitative estimate of drug-likeness (QED) is 0.410. The molecule has 1 amide bonds. The van der Waals surface area contributed by atoms with Crippen molar-refractivity contribution in [1.82, 2.24) is 4.90 Å². The van der Waals surface area contributed by atoms with Crippen LogP contribution in [0.2, 0.25) is 18.1 Å². The fourth-order valence-electron chi connectivity index (χ4n) is 1.96. The van der Waals surface area contributed by atoms with E-state index in [2.05, 4.69) is 54.3 Å². The van der Waals surface area contributed by atoms with Gasteiger partial charge in [0.2, 0.25) is 0 Å². The Bertz CT molecular complexity index is 475. The molecular weight excluding hydrogens is 294 g/mol. The van der Waals surface area contributed by atoms with E-state index in [9.17, 15) is 4.79 Å². The van der Waals surface area contributed by atoms with Crippen molar-refractivity contribution in [2.24, 2.45) is 5.92 Å². The first-order valence-corrected chi connectivity index (χ1v) is 10.8. The van der Waals surface area contributed by atoms with E-state index in [1.54, 1.807) is 11.0 Å². The summed E-state index contributed by atoms with van der Waals surface area (Å²) in [4.78, 5) is 13.9. The first-order chi connectivity index (χ1) is 9.92. The number of hydrogen-bond donors (Lipinski definition) is 0. The average molecular weight is 326 g/mol. The molecule has 0 radical (unpaired) electrons. The number of ether oxygens (including phenoxy) is 1. The Morgan fingerprint density at radius 1 is 1.45 bits per heavy atom. The summed E-state index contributed by atoms with van der Waals surface area (Å²) >= 11 is 0. The largest absolute Gasteiger partial charge is 0.531 e. The first kappa shape index (κ1) is 18.8. The molecule has 1 rings (SSSR count). The molecule has 1 aliphatic rings. The van der Waals surface area contributed by atoms with Gasteiger partial charge in [0, 0.05) is 5.57 Å². The fraction of sp³-hybridized carbons (Fsp3) is 0.706. The second-order valence-corrected chi connectivity index (χ2v) is 12.5. The van der Waals surface area contributed by atoms with Gasteiger partial charge in [-0.2, -0.15) is 0 Å². The molecule has 126 valence electrons. The summed E-state index contributed by atoms with van der Waals surface area (Å²) in [5, 5.41) is 0.0522. The third-order valence-electron chi connectivity index (χ3n) is 4.70. The lowest BCUT2D eigenvalue weighted by Gasteiger charge is -2.40. The Balaban J connectivity index is 3.26. The van der Waals surface area contributed by atoms with E-state index >= 15 is 0 Å². The molecule has 5 heteroatoms. The van der Waals surface area contributed by atoms with Crippen molar-refractivity contribution in [3.63, 3.8) is 0 Å². The molecule has 0 aromatic heterocycles. The van der Waals surface area contributed by atoms with E-state index in [-0.39, 0.29) is 17.2 Å². The van der Waals surface area contributed by atoms with Crippen LogP contribution in [0, 0.1) is 5.92 Å². The number of allylic oxidation sites excluding steroid dienone is 2. The molecule has 0 N–H and O–H groups in total. The van der Waals surface area contributed by atoms with E-state index in [4.69, 9.17) is 9.16 Å². The van der Waals surface area contributed by atoms with Crippen molar-refractivity contribution in [1.29, 1.82) is 0 Å². The lowest BCUT2D eigenvalue weighted by molar-refractivity contribution is 0.146. The molecule has 0 saturated carbocycles. The Hall–Kier alpha value is -1.23. The summed E-state index contributed by atoms with van der Waals surface area (Å²) in [6.07, 6.45) is 1.42. The third-order valence-corrected chi connectivity index (χ3v) is 9.01. The smallest absolute Gasteiger partial charge is 0.417 e. The van der Waals surface area contributed by atoms with Crippen LogP contribution in [-0.4, -0.2) is 32.0 Å². The summed E-state index contributed by atoms with van der Waals surface area (Å²) in [6.45, 7) is 21.3.